The maximum absolute atomic E-state index is 11.8. The third-order valence-corrected chi connectivity index (χ3v) is 0.669. The van der Waals surface area contributed by atoms with E-state index in [0.29, 0.717) is 0 Å². The van der Waals surface area contributed by atoms with Gasteiger partial charge in [0, 0.05) is 0 Å². The third-order valence-electron chi connectivity index (χ3n) is 0.669. The summed E-state index contributed by atoms with van der Waals surface area (Å²) >= 11 is 0. The molecule has 0 aliphatic heterocycles. The van der Waals surface area contributed by atoms with Crippen LogP contribution in [0.15, 0.2) is 11.4 Å². The summed E-state index contributed by atoms with van der Waals surface area (Å²) in [5, 5.41) is 0. The third kappa shape index (κ3) is 2.00. The van der Waals surface area contributed by atoms with Crippen molar-refractivity contribution in [2.24, 2.45) is 0 Å². The van der Waals surface area contributed by atoms with E-state index in [4.69, 9.17) is 0 Å². The fraction of sp³-hybridized carbons (Fsp3) is 0.600. The lowest BCUT2D eigenvalue weighted by Crippen LogP contribution is -1.91. The Kier molecular flexibility index (Phi) is 2.58. The Morgan fingerprint density at radius 1 is 1.25 bits per heavy atom. The molecular weight excluding hydrogens is 117 g/mol. The van der Waals surface area contributed by atoms with Crippen LogP contribution in [-0.4, -0.2) is 6.43 Å². The number of hydrogen-bond acceptors (Lipinski definition) is 0. The first kappa shape index (κ1) is 7.53. The van der Waals surface area contributed by atoms with E-state index in [-0.39, 0.29) is 5.57 Å². The van der Waals surface area contributed by atoms with Gasteiger partial charge in [-0.25, -0.2) is 13.2 Å². The maximum atomic E-state index is 11.8. The molecule has 3 heteroatoms. The van der Waals surface area contributed by atoms with Crippen LogP contribution in [0, 0.1) is 0 Å². The number of alkyl halides is 2. The number of allylic oxidation sites excluding steroid dienone is 2. The van der Waals surface area contributed by atoms with E-state index in [0.717, 1.165) is 0 Å². The van der Waals surface area contributed by atoms with Crippen LogP contribution in [0.3, 0.4) is 0 Å². The minimum atomic E-state index is -2.94. The van der Waals surface area contributed by atoms with Gasteiger partial charge >= 0.3 is 0 Å². The van der Waals surface area contributed by atoms with E-state index in [1.807, 2.05) is 0 Å². The molecule has 0 aromatic carbocycles. The average molecular weight is 124 g/mol. The van der Waals surface area contributed by atoms with Crippen molar-refractivity contribution in [1.29, 1.82) is 0 Å². The molecule has 0 N–H and O–H groups in total. The zero-order valence-corrected chi connectivity index (χ0v) is 4.71. The molecule has 0 heterocycles. The molecule has 0 fully saturated rings. The van der Waals surface area contributed by atoms with Crippen LogP contribution >= 0.6 is 0 Å². The van der Waals surface area contributed by atoms with Crippen molar-refractivity contribution in [3.8, 4) is 0 Å². The van der Waals surface area contributed by atoms with Gasteiger partial charge < -0.3 is 0 Å². The van der Waals surface area contributed by atoms with Crippen LogP contribution in [0.1, 0.15) is 13.8 Å². The van der Waals surface area contributed by atoms with E-state index in [1.54, 1.807) is 0 Å². The Morgan fingerprint density at radius 2 is 1.62 bits per heavy atom. The van der Waals surface area contributed by atoms with Crippen molar-refractivity contribution in [3.63, 3.8) is 0 Å². The molecule has 0 bridgehead atoms. The van der Waals surface area contributed by atoms with Crippen molar-refractivity contribution in [3.05, 3.63) is 11.4 Å². The Labute approximate surface area is 46.0 Å². The topological polar surface area (TPSA) is 0 Å². The SMILES string of the molecule is CC(C)=C(F)C(F)F. The van der Waals surface area contributed by atoms with E-state index in [1.165, 1.54) is 13.8 Å². The van der Waals surface area contributed by atoms with Crippen LogP contribution in [0.25, 0.3) is 0 Å². The number of halogens is 3. The highest BCUT2D eigenvalue weighted by atomic mass is 19.3. The Morgan fingerprint density at radius 3 is 1.62 bits per heavy atom. The van der Waals surface area contributed by atoms with Crippen molar-refractivity contribution >= 4 is 0 Å². The summed E-state index contributed by atoms with van der Waals surface area (Å²) in [6.07, 6.45) is -2.94. The van der Waals surface area contributed by atoms with Crippen LogP contribution in [0.5, 0.6) is 0 Å². The Bertz CT molecular complexity index is 100. The molecule has 0 aliphatic carbocycles. The lowest BCUT2D eigenvalue weighted by atomic mass is 10.3. The van der Waals surface area contributed by atoms with Gasteiger partial charge in [-0.05, 0) is 19.4 Å². The van der Waals surface area contributed by atoms with Crippen molar-refractivity contribution in [2.75, 3.05) is 0 Å². The summed E-state index contributed by atoms with van der Waals surface area (Å²) in [4.78, 5) is 0. The van der Waals surface area contributed by atoms with Gasteiger partial charge in [-0.15, -0.1) is 0 Å². The van der Waals surface area contributed by atoms with E-state index < -0.39 is 12.3 Å². The predicted octanol–water partition coefficient (Wildman–Crippen LogP) is 2.51. The predicted molar refractivity (Wildman–Crippen MR) is 25.5 cm³/mol. The second-order valence-electron chi connectivity index (χ2n) is 1.65. The van der Waals surface area contributed by atoms with Gasteiger partial charge in [-0.3, -0.25) is 0 Å². The van der Waals surface area contributed by atoms with Gasteiger partial charge in [0.15, 0.2) is 5.83 Å². The molecule has 0 spiro atoms. The van der Waals surface area contributed by atoms with Crippen molar-refractivity contribution in [1.82, 2.24) is 0 Å². The first-order valence-corrected chi connectivity index (χ1v) is 2.16. The molecule has 0 rings (SSSR count). The fourth-order valence-electron chi connectivity index (χ4n) is 0.218. The molecule has 0 saturated heterocycles. The first-order chi connectivity index (χ1) is 3.55. The molecule has 0 unspecified atom stereocenters. The quantitative estimate of drug-likeness (QED) is 0.503. The number of hydrogen-bond donors (Lipinski definition) is 0. The van der Waals surface area contributed by atoms with E-state index >= 15 is 0 Å². The summed E-state index contributed by atoms with van der Waals surface area (Å²) in [5.74, 6) is -1.31. The summed E-state index contributed by atoms with van der Waals surface area (Å²) < 4.78 is 34.3. The van der Waals surface area contributed by atoms with Crippen molar-refractivity contribution in [2.45, 2.75) is 20.3 Å². The van der Waals surface area contributed by atoms with Gasteiger partial charge in [-0.1, -0.05) is 0 Å². The van der Waals surface area contributed by atoms with Gasteiger partial charge in [0.2, 0.25) is 0 Å². The highest BCUT2D eigenvalue weighted by Crippen LogP contribution is 2.13. The van der Waals surface area contributed by atoms with Gasteiger partial charge in [0.05, 0.1) is 0 Å². The minimum absolute atomic E-state index is 0.0417. The highest BCUT2D eigenvalue weighted by molar-refractivity contribution is 5.03. The lowest BCUT2D eigenvalue weighted by Gasteiger charge is -1.94. The molecule has 0 aliphatic rings. The Hall–Kier alpha value is -0.470. The second kappa shape index (κ2) is 2.74. The monoisotopic (exact) mass is 124 g/mol. The number of rotatable bonds is 1. The first-order valence-electron chi connectivity index (χ1n) is 2.16. The molecule has 0 radical (unpaired) electrons. The lowest BCUT2D eigenvalue weighted by molar-refractivity contribution is 0.157. The molecule has 0 saturated carbocycles. The fourth-order valence-corrected chi connectivity index (χ4v) is 0.218. The standard InChI is InChI=1S/C5H7F3/c1-3(2)4(6)5(7)8/h5H,1-2H3. The zero-order chi connectivity index (χ0) is 6.73. The molecule has 0 amide bonds. The summed E-state index contributed by atoms with van der Waals surface area (Å²) in [6, 6.07) is 0. The minimum Gasteiger partial charge on any atom is -0.206 e. The van der Waals surface area contributed by atoms with Crippen LogP contribution in [-0.2, 0) is 0 Å². The largest absolute Gasteiger partial charge is 0.289 e. The zero-order valence-electron chi connectivity index (χ0n) is 4.71. The van der Waals surface area contributed by atoms with Gasteiger partial charge in [0.25, 0.3) is 6.43 Å². The van der Waals surface area contributed by atoms with Gasteiger partial charge in [-0.2, -0.15) is 0 Å². The molecule has 48 valence electrons. The van der Waals surface area contributed by atoms with Gasteiger partial charge in [0.1, 0.15) is 0 Å². The molecular formula is C5H7F3. The average Bonchev–Trinajstić information content (AvgIpc) is 1.64. The van der Waals surface area contributed by atoms with Crippen molar-refractivity contribution < 1.29 is 13.2 Å². The molecule has 0 aromatic rings. The smallest absolute Gasteiger partial charge is 0.206 e. The molecule has 0 aromatic heterocycles. The Balaban J connectivity index is 4.00. The summed E-state index contributed by atoms with van der Waals surface area (Å²) in [7, 11) is 0. The molecule has 0 atom stereocenters. The maximum Gasteiger partial charge on any atom is 0.289 e. The van der Waals surface area contributed by atoms with Crippen LogP contribution < -0.4 is 0 Å². The van der Waals surface area contributed by atoms with Crippen LogP contribution in [0.4, 0.5) is 13.2 Å². The van der Waals surface area contributed by atoms with E-state index in [9.17, 15) is 13.2 Å². The van der Waals surface area contributed by atoms with Crippen LogP contribution in [0.2, 0.25) is 0 Å². The summed E-state index contributed by atoms with van der Waals surface area (Å²) in [5.41, 5.74) is 0.0417. The summed E-state index contributed by atoms with van der Waals surface area (Å²) in [6.45, 7) is 2.61. The second-order valence-corrected chi connectivity index (χ2v) is 1.65. The van der Waals surface area contributed by atoms with E-state index in [2.05, 4.69) is 0 Å². The highest BCUT2D eigenvalue weighted by Gasteiger charge is 2.10. The molecule has 0 nitrogen and oxygen atoms in total. The normalized spacial score (nSPS) is 9.75. The molecule has 8 heavy (non-hydrogen) atoms.